The number of rotatable bonds is 2. The zero-order valence-electron chi connectivity index (χ0n) is 11.9. The first kappa shape index (κ1) is 16.7. The molecule has 0 aliphatic heterocycles. The van der Waals surface area contributed by atoms with Gasteiger partial charge in [0.05, 0.1) is 16.8 Å². The van der Waals surface area contributed by atoms with Gasteiger partial charge in [-0.1, -0.05) is 26.0 Å². The fourth-order valence-electron chi connectivity index (χ4n) is 2.08. The van der Waals surface area contributed by atoms with Gasteiger partial charge >= 0.3 is 6.18 Å². The van der Waals surface area contributed by atoms with Gasteiger partial charge < -0.3 is 0 Å². The van der Waals surface area contributed by atoms with Crippen molar-refractivity contribution in [3.8, 4) is 17.3 Å². The van der Waals surface area contributed by atoms with E-state index in [-0.39, 0.29) is 5.92 Å². The molecule has 0 radical (unpaired) electrons. The highest BCUT2D eigenvalue weighted by molar-refractivity contribution is 14.1. The molecule has 114 valence electrons. The number of hydrogen-bond acceptors (Lipinski definition) is 2. The van der Waals surface area contributed by atoms with E-state index in [0.717, 1.165) is 17.7 Å². The van der Waals surface area contributed by atoms with Gasteiger partial charge in [0, 0.05) is 5.56 Å². The number of nitrogens with zero attached hydrogens (tertiary/aromatic N) is 2. The summed E-state index contributed by atoms with van der Waals surface area (Å²) in [5, 5.41) is 9.22. The summed E-state index contributed by atoms with van der Waals surface area (Å²) in [6.45, 7) is 3.92. The molecule has 22 heavy (non-hydrogen) atoms. The first-order chi connectivity index (χ1) is 10.2. The van der Waals surface area contributed by atoms with E-state index >= 15 is 0 Å². The Balaban J connectivity index is 2.52. The van der Waals surface area contributed by atoms with Crippen molar-refractivity contribution in [2.24, 2.45) is 0 Å². The van der Waals surface area contributed by atoms with Crippen molar-refractivity contribution in [1.82, 2.24) is 4.98 Å². The van der Waals surface area contributed by atoms with E-state index in [1.807, 2.05) is 36.4 Å². The highest BCUT2D eigenvalue weighted by Gasteiger charge is 2.30. The summed E-state index contributed by atoms with van der Waals surface area (Å²) in [4.78, 5) is 4.33. The fourth-order valence-corrected chi connectivity index (χ4v) is 2.77. The van der Waals surface area contributed by atoms with Crippen LogP contribution in [0.3, 0.4) is 0 Å². The van der Waals surface area contributed by atoms with E-state index in [1.165, 1.54) is 12.1 Å². The first-order valence-electron chi connectivity index (χ1n) is 6.52. The van der Waals surface area contributed by atoms with E-state index in [4.69, 9.17) is 0 Å². The Morgan fingerprint density at radius 1 is 1.18 bits per heavy atom. The molecular weight excluding hydrogens is 404 g/mol. The van der Waals surface area contributed by atoms with Crippen molar-refractivity contribution >= 4 is 22.6 Å². The van der Waals surface area contributed by atoms with Crippen LogP contribution in [0.25, 0.3) is 11.3 Å². The Bertz CT molecular complexity index is 729. The van der Waals surface area contributed by atoms with Gasteiger partial charge in [-0.15, -0.1) is 0 Å². The molecule has 0 saturated heterocycles. The minimum absolute atomic E-state index is 0.124. The minimum Gasteiger partial charge on any atom is -0.240 e. The maximum absolute atomic E-state index is 12.6. The van der Waals surface area contributed by atoms with Gasteiger partial charge in [0.25, 0.3) is 0 Å². The smallest absolute Gasteiger partial charge is 0.240 e. The molecular formula is C16H12F3IN2. The van der Waals surface area contributed by atoms with Gasteiger partial charge in [-0.25, -0.2) is 4.98 Å². The van der Waals surface area contributed by atoms with Crippen LogP contribution in [0.4, 0.5) is 13.2 Å². The van der Waals surface area contributed by atoms with Crippen LogP contribution in [0.1, 0.15) is 36.5 Å². The monoisotopic (exact) mass is 416 g/mol. The van der Waals surface area contributed by atoms with Crippen LogP contribution in [-0.4, -0.2) is 4.98 Å². The Morgan fingerprint density at radius 2 is 1.77 bits per heavy atom. The van der Waals surface area contributed by atoms with Crippen molar-refractivity contribution in [3.63, 3.8) is 0 Å². The molecule has 1 heterocycles. The molecule has 0 unspecified atom stereocenters. The Hall–Kier alpha value is -1.62. The van der Waals surface area contributed by atoms with Gasteiger partial charge in [-0.05, 0) is 52.3 Å². The van der Waals surface area contributed by atoms with E-state index in [0.29, 0.717) is 20.5 Å². The summed E-state index contributed by atoms with van der Waals surface area (Å²) in [7, 11) is 0. The van der Waals surface area contributed by atoms with Crippen LogP contribution >= 0.6 is 22.6 Å². The predicted octanol–water partition coefficient (Wildman–Crippen LogP) is 5.37. The van der Waals surface area contributed by atoms with Crippen molar-refractivity contribution < 1.29 is 13.2 Å². The lowest BCUT2D eigenvalue weighted by Gasteiger charge is -2.12. The second-order valence-electron chi connectivity index (χ2n) is 5.10. The van der Waals surface area contributed by atoms with Crippen LogP contribution < -0.4 is 0 Å². The summed E-state index contributed by atoms with van der Waals surface area (Å²) in [5.74, 6) is 0.124. The molecule has 0 aliphatic rings. The van der Waals surface area contributed by atoms with Gasteiger partial charge in [-0.3, -0.25) is 0 Å². The normalized spacial score (nSPS) is 11.5. The van der Waals surface area contributed by atoms with E-state index in [1.54, 1.807) is 6.07 Å². The molecule has 0 saturated carbocycles. The summed E-state index contributed by atoms with van der Waals surface area (Å²) in [6, 6.07) is 8.78. The molecule has 0 bridgehead atoms. The molecule has 0 fully saturated rings. The standard InChI is InChI=1S/C16H12F3IN2/c1-9(2)12-7-14(22-15(20)13(12)8-21)10-3-5-11(6-4-10)16(17,18)19/h3-7,9H,1-2H3. The number of pyridine rings is 1. The third-order valence-electron chi connectivity index (χ3n) is 3.25. The fraction of sp³-hybridized carbons (Fsp3) is 0.250. The lowest BCUT2D eigenvalue weighted by atomic mass is 9.97. The second kappa shape index (κ2) is 6.24. The van der Waals surface area contributed by atoms with E-state index < -0.39 is 11.7 Å². The Kier molecular flexibility index (Phi) is 4.75. The molecule has 2 nitrogen and oxygen atoms in total. The van der Waals surface area contributed by atoms with Crippen LogP contribution in [-0.2, 0) is 6.18 Å². The lowest BCUT2D eigenvalue weighted by Crippen LogP contribution is -2.04. The van der Waals surface area contributed by atoms with Crippen molar-refractivity contribution in [2.45, 2.75) is 25.9 Å². The number of aromatic nitrogens is 1. The molecule has 0 aliphatic carbocycles. The third-order valence-corrected chi connectivity index (χ3v) is 4.03. The average molecular weight is 416 g/mol. The molecule has 6 heteroatoms. The summed E-state index contributed by atoms with van der Waals surface area (Å²) in [5.41, 5.74) is 1.84. The maximum Gasteiger partial charge on any atom is 0.416 e. The first-order valence-corrected chi connectivity index (χ1v) is 7.60. The number of hydrogen-bond donors (Lipinski definition) is 0. The number of halogens is 4. The molecule has 1 aromatic carbocycles. The second-order valence-corrected chi connectivity index (χ2v) is 6.13. The number of nitriles is 1. The van der Waals surface area contributed by atoms with Crippen LogP contribution in [0.15, 0.2) is 30.3 Å². The lowest BCUT2D eigenvalue weighted by molar-refractivity contribution is -0.137. The Morgan fingerprint density at radius 3 is 2.23 bits per heavy atom. The van der Waals surface area contributed by atoms with Crippen molar-refractivity contribution in [3.05, 3.63) is 50.7 Å². The molecule has 2 aromatic rings. The number of benzene rings is 1. The molecule has 2 rings (SSSR count). The predicted molar refractivity (Wildman–Crippen MR) is 86.2 cm³/mol. The van der Waals surface area contributed by atoms with Crippen LogP contribution in [0.2, 0.25) is 0 Å². The minimum atomic E-state index is -4.35. The molecule has 0 amide bonds. The van der Waals surface area contributed by atoms with Crippen molar-refractivity contribution in [2.75, 3.05) is 0 Å². The van der Waals surface area contributed by atoms with Gasteiger partial charge in [-0.2, -0.15) is 18.4 Å². The quantitative estimate of drug-likeness (QED) is 0.488. The average Bonchev–Trinajstić information content (AvgIpc) is 2.45. The van der Waals surface area contributed by atoms with E-state index in [9.17, 15) is 18.4 Å². The van der Waals surface area contributed by atoms with Gasteiger partial charge in [0.15, 0.2) is 0 Å². The molecule has 0 atom stereocenters. The third kappa shape index (κ3) is 3.40. The van der Waals surface area contributed by atoms with Crippen LogP contribution in [0.5, 0.6) is 0 Å². The summed E-state index contributed by atoms with van der Waals surface area (Å²) >= 11 is 1.98. The van der Waals surface area contributed by atoms with Crippen molar-refractivity contribution in [1.29, 1.82) is 5.26 Å². The molecule has 0 spiro atoms. The Labute approximate surface area is 140 Å². The largest absolute Gasteiger partial charge is 0.416 e. The maximum atomic E-state index is 12.6. The zero-order chi connectivity index (χ0) is 16.5. The van der Waals surface area contributed by atoms with Gasteiger partial charge in [0.1, 0.15) is 9.77 Å². The topological polar surface area (TPSA) is 36.7 Å². The summed E-state index contributed by atoms with van der Waals surface area (Å²) < 4.78 is 38.4. The zero-order valence-corrected chi connectivity index (χ0v) is 14.0. The summed E-state index contributed by atoms with van der Waals surface area (Å²) in [6.07, 6.45) is -4.35. The SMILES string of the molecule is CC(C)c1cc(-c2ccc(C(F)(F)F)cc2)nc(I)c1C#N. The van der Waals surface area contributed by atoms with E-state index in [2.05, 4.69) is 11.1 Å². The number of alkyl halides is 3. The molecule has 0 N–H and O–H groups in total. The highest BCUT2D eigenvalue weighted by atomic mass is 127. The molecule has 1 aromatic heterocycles. The van der Waals surface area contributed by atoms with Gasteiger partial charge in [0.2, 0.25) is 0 Å². The highest BCUT2D eigenvalue weighted by Crippen LogP contribution is 2.32. The van der Waals surface area contributed by atoms with Crippen LogP contribution in [0, 0.1) is 15.0 Å².